The van der Waals surface area contributed by atoms with Crippen LogP contribution in [0.1, 0.15) is 25.6 Å². The van der Waals surface area contributed by atoms with Crippen LogP contribution in [-0.2, 0) is 0 Å². The predicted octanol–water partition coefficient (Wildman–Crippen LogP) is 3.60. The van der Waals surface area contributed by atoms with E-state index >= 15 is 0 Å². The Morgan fingerprint density at radius 3 is 2.46 bits per heavy atom. The molecule has 0 N–H and O–H groups in total. The molecule has 0 aliphatic rings. The van der Waals surface area contributed by atoms with Crippen LogP contribution in [0, 0.1) is 0 Å². The van der Waals surface area contributed by atoms with Gasteiger partial charge >= 0.3 is 0 Å². The third kappa shape index (κ3) is 2.72. The van der Waals surface area contributed by atoms with Crippen molar-refractivity contribution >= 4 is 15.9 Å². The zero-order chi connectivity index (χ0) is 10.1. The maximum absolute atomic E-state index is 13.3. The van der Waals surface area contributed by atoms with Gasteiger partial charge in [0.05, 0.1) is 0 Å². The molecule has 0 fully saturated rings. The fraction of sp³-hybridized carbons (Fsp3) is 0.444. The molecule has 13 heavy (non-hydrogen) atoms. The van der Waals surface area contributed by atoms with Gasteiger partial charge in [-0.1, -0.05) is 6.07 Å². The van der Waals surface area contributed by atoms with Gasteiger partial charge in [-0.15, -0.1) is 0 Å². The first-order chi connectivity index (χ1) is 5.91. The highest BCUT2D eigenvalue weighted by atomic mass is 79.9. The number of rotatable bonds is 2. The quantitative estimate of drug-likeness (QED) is 0.730. The molecular formula is C9H10BrF2N. The molecule has 0 bridgehead atoms. The second-order valence-corrected chi connectivity index (χ2v) is 4.15. The molecule has 0 spiro atoms. The Hall–Kier alpha value is -0.510. The summed E-state index contributed by atoms with van der Waals surface area (Å²) in [6.07, 6.45) is -0.302. The van der Waals surface area contributed by atoms with Crippen molar-refractivity contribution < 1.29 is 8.78 Å². The molecule has 0 aliphatic carbocycles. The summed E-state index contributed by atoms with van der Waals surface area (Å²) < 4.78 is 27.1. The Kier molecular flexibility index (Phi) is 3.01. The summed E-state index contributed by atoms with van der Waals surface area (Å²) in [6, 6.07) is 3.11. The number of hydrogen-bond acceptors (Lipinski definition) is 1. The van der Waals surface area contributed by atoms with Crippen LogP contribution in [0.4, 0.5) is 8.78 Å². The molecular weight excluding hydrogens is 240 g/mol. The molecule has 1 nitrogen and oxygen atoms in total. The molecule has 4 heteroatoms. The maximum atomic E-state index is 13.3. The first-order valence-corrected chi connectivity index (χ1v) is 4.65. The van der Waals surface area contributed by atoms with Crippen LogP contribution in [0.3, 0.4) is 0 Å². The standard InChI is InChI=1S/C9H10BrF2N/c1-9(2,12)8(11)6-3-4-7(10)13-5-6/h3-5,8H,1-2H3. The minimum absolute atomic E-state index is 0.260. The predicted molar refractivity (Wildman–Crippen MR) is 51.0 cm³/mol. The third-order valence-electron chi connectivity index (χ3n) is 1.65. The van der Waals surface area contributed by atoms with Crippen LogP contribution in [0.25, 0.3) is 0 Å². The van der Waals surface area contributed by atoms with E-state index in [-0.39, 0.29) is 5.56 Å². The lowest BCUT2D eigenvalue weighted by molar-refractivity contribution is 0.0850. The van der Waals surface area contributed by atoms with Crippen LogP contribution in [-0.4, -0.2) is 10.7 Å². The van der Waals surface area contributed by atoms with E-state index in [1.54, 1.807) is 6.07 Å². The fourth-order valence-electron chi connectivity index (χ4n) is 0.934. The highest BCUT2D eigenvalue weighted by Gasteiger charge is 2.30. The van der Waals surface area contributed by atoms with E-state index in [9.17, 15) is 8.78 Å². The van der Waals surface area contributed by atoms with Gasteiger partial charge in [0.25, 0.3) is 0 Å². The van der Waals surface area contributed by atoms with E-state index in [2.05, 4.69) is 20.9 Å². The van der Waals surface area contributed by atoms with Crippen molar-refractivity contribution in [3.63, 3.8) is 0 Å². The van der Waals surface area contributed by atoms with E-state index in [1.165, 1.54) is 26.1 Å². The Morgan fingerprint density at radius 1 is 1.46 bits per heavy atom. The zero-order valence-corrected chi connectivity index (χ0v) is 8.98. The normalized spacial score (nSPS) is 14.2. The molecule has 1 heterocycles. The second-order valence-electron chi connectivity index (χ2n) is 3.34. The molecule has 0 saturated heterocycles. The van der Waals surface area contributed by atoms with Gasteiger partial charge in [-0.2, -0.15) is 0 Å². The SMILES string of the molecule is CC(C)(F)C(F)c1ccc(Br)nc1. The van der Waals surface area contributed by atoms with Gasteiger partial charge in [-0.3, -0.25) is 0 Å². The summed E-state index contributed by atoms with van der Waals surface area (Å²) in [6.45, 7) is 2.42. The van der Waals surface area contributed by atoms with Crippen molar-refractivity contribution in [2.45, 2.75) is 25.7 Å². The van der Waals surface area contributed by atoms with Crippen LogP contribution >= 0.6 is 15.9 Å². The average Bonchev–Trinajstić information content (AvgIpc) is 2.03. The van der Waals surface area contributed by atoms with E-state index in [4.69, 9.17) is 0 Å². The van der Waals surface area contributed by atoms with Crippen LogP contribution in [0.2, 0.25) is 0 Å². The molecule has 1 aromatic heterocycles. The van der Waals surface area contributed by atoms with E-state index < -0.39 is 11.8 Å². The largest absolute Gasteiger partial charge is 0.249 e. The average molecular weight is 250 g/mol. The Labute approximate surface area is 84.3 Å². The van der Waals surface area contributed by atoms with E-state index in [0.717, 1.165) is 0 Å². The number of aromatic nitrogens is 1. The van der Waals surface area contributed by atoms with Gasteiger partial charge in [0.15, 0.2) is 6.17 Å². The van der Waals surface area contributed by atoms with Crippen molar-refractivity contribution in [1.82, 2.24) is 4.98 Å². The molecule has 0 saturated carbocycles. The minimum atomic E-state index is -1.87. The summed E-state index contributed by atoms with van der Waals surface area (Å²) in [7, 11) is 0. The highest BCUT2D eigenvalue weighted by Crippen LogP contribution is 2.32. The number of hydrogen-bond donors (Lipinski definition) is 0. The first-order valence-electron chi connectivity index (χ1n) is 3.85. The molecule has 72 valence electrons. The summed E-state index contributed by atoms with van der Waals surface area (Å²) in [5.41, 5.74) is -1.61. The monoisotopic (exact) mass is 249 g/mol. The highest BCUT2D eigenvalue weighted by molar-refractivity contribution is 9.10. The van der Waals surface area contributed by atoms with Crippen LogP contribution in [0.15, 0.2) is 22.9 Å². The van der Waals surface area contributed by atoms with Gasteiger partial charge in [0.1, 0.15) is 10.3 Å². The summed E-state index contributed by atoms with van der Waals surface area (Å²) in [4.78, 5) is 3.82. The zero-order valence-electron chi connectivity index (χ0n) is 7.39. The smallest absolute Gasteiger partial charge is 0.160 e. The molecule has 1 aromatic rings. The second kappa shape index (κ2) is 3.70. The lowest BCUT2D eigenvalue weighted by Gasteiger charge is -2.19. The topological polar surface area (TPSA) is 12.9 Å². The summed E-state index contributed by atoms with van der Waals surface area (Å²) in [5.74, 6) is 0. The summed E-state index contributed by atoms with van der Waals surface area (Å²) >= 11 is 3.12. The Balaban J connectivity index is 2.90. The fourth-order valence-corrected chi connectivity index (χ4v) is 1.17. The molecule has 0 amide bonds. The van der Waals surface area contributed by atoms with Crippen molar-refractivity contribution in [3.8, 4) is 0 Å². The molecule has 1 atom stereocenters. The van der Waals surface area contributed by atoms with E-state index in [1.807, 2.05) is 0 Å². The molecule has 0 radical (unpaired) electrons. The molecule has 1 unspecified atom stereocenters. The molecule has 0 aliphatic heterocycles. The van der Waals surface area contributed by atoms with E-state index in [0.29, 0.717) is 4.60 Å². The van der Waals surface area contributed by atoms with Crippen molar-refractivity contribution in [1.29, 1.82) is 0 Å². The van der Waals surface area contributed by atoms with Gasteiger partial charge in [-0.25, -0.2) is 13.8 Å². The van der Waals surface area contributed by atoms with Crippen molar-refractivity contribution in [3.05, 3.63) is 28.5 Å². The van der Waals surface area contributed by atoms with Gasteiger partial charge in [0, 0.05) is 11.8 Å². The van der Waals surface area contributed by atoms with Gasteiger partial charge in [0.2, 0.25) is 0 Å². The Bertz CT molecular complexity index is 279. The lowest BCUT2D eigenvalue weighted by atomic mass is 9.99. The molecule has 1 rings (SSSR count). The molecule has 0 aromatic carbocycles. The van der Waals surface area contributed by atoms with Crippen LogP contribution in [0.5, 0.6) is 0 Å². The van der Waals surface area contributed by atoms with Crippen LogP contribution < -0.4 is 0 Å². The Morgan fingerprint density at radius 2 is 2.08 bits per heavy atom. The van der Waals surface area contributed by atoms with Crippen molar-refractivity contribution in [2.24, 2.45) is 0 Å². The van der Waals surface area contributed by atoms with Gasteiger partial charge in [-0.05, 0) is 35.8 Å². The number of nitrogens with zero attached hydrogens (tertiary/aromatic N) is 1. The number of pyridine rings is 1. The minimum Gasteiger partial charge on any atom is -0.249 e. The number of halogens is 3. The first kappa shape index (κ1) is 10.6. The van der Waals surface area contributed by atoms with Gasteiger partial charge < -0.3 is 0 Å². The summed E-state index contributed by atoms with van der Waals surface area (Å²) in [5, 5.41) is 0. The van der Waals surface area contributed by atoms with Crippen molar-refractivity contribution in [2.75, 3.05) is 0 Å². The maximum Gasteiger partial charge on any atom is 0.160 e. The number of alkyl halides is 2. The lowest BCUT2D eigenvalue weighted by Crippen LogP contribution is -2.20. The third-order valence-corrected chi connectivity index (χ3v) is 2.11.